The number of aromatic nitrogens is 1. The Bertz CT molecular complexity index is 448. The van der Waals surface area contributed by atoms with Gasteiger partial charge in [0.15, 0.2) is 0 Å². The Labute approximate surface area is 93.8 Å². The lowest BCUT2D eigenvalue weighted by Crippen LogP contribution is -1.99. The van der Waals surface area contributed by atoms with Crippen LogP contribution in [0.3, 0.4) is 0 Å². The highest BCUT2D eigenvalue weighted by molar-refractivity contribution is 7.15. The van der Waals surface area contributed by atoms with Gasteiger partial charge in [0.2, 0.25) is 0 Å². The summed E-state index contributed by atoms with van der Waals surface area (Å²) in [4.78, 5) is 4.48. The van der Waals surface area contributed by atoms with Gasteiger partial charge in [-0.25, -0.2) is 4.98 Å². The van der Waals surface area contributed by atoms with Crippen LogP contribution in [0.2, 0.25) is 0 Å². The van der Waals surface area contributed by atoms with E-state index in [4.69, 9.17) is 5.73 Å². The van der Waals surface area contributed by atoms with E-state index < -0.39 is 0 Å². The number of nitrogen functional groups attached to an aromatic ring is 1. The minimum Gasteiger partial charge on any atom is -0.389 e. The maximum atomic E-state index is 5.94. The summed E-state index contributed by atoms with van der Waals surface area (Å²) in [5.41, 5.74) is 8.20. The van der Waals surface area contributed by atoms with Crippen molar-refractivity contribution in [2.75, 3.05) is 5.73 Å². The van der Waals surface area contributed by atoms with Gasteiger partial charge in [0.25, 0.3) is 0 Å². The second-order valence-electron chi connectivity index (χ2n) is 3.61. The first-order valence-corrected chi connectivity index (χ1v) is 5.78. The van der Waals surface area contributed by atoms with Crippen molar-refractivity contribution >= 4 is 16.3 Å². The second kappa shape index (κ2) is 4.03. The minimum absolute atomic E-state index is 0.274. The zero-order valence-corrected chi connectivity index (χ0v) is 9.71. The lowest BCUT2D eigenvalue weighted by atomic mass is 9.98. The SMILES string of the molecule is Cc1nc(C(C)c2ccccc2)c(N)s1. The van der Waals surface area contributed by atoms with Crippen LogP contribution in [0.15, 0.2) is 30.3 Å². The highest BCUT2D eigenvalue weighted by Gasteiger charge is 2.15. The van der Waals surface area contributed by atoms with E-state index >= 15 is 0 Å². The van der Waals surface area contributed by atoms with Gasteiger partial charge in [-0.1, -0.05) is 37.3 Å². The minimum atomic E-state index is 0.274. The van der Waals surface area contributed by atoms with Gasteiger partial charge < -0.3 is 5.73 Å². The van der Waals surface area contributed by atoms with Crippen LogP contribution in [0.1, 0.15) is 29.1 Å². The molecule has 1 aromatic carbocycles. The molecule has 0 fully saturated rings. The van der Waals surface area contributed by atoms with Crippen molar-refractivity contribution in [3.8, 4) is 0 Å². The summed E-state index contributed by atoms with van der Waals surface area (Å²) in [6.07, 6.45) is 0. The van der Waals surface area contributed by atoms with Crippen LogP contribution in [0, 0.1) is 6.92 Å². The van der Waals surface area contributed by atoms with Gasteiger partial charge in [0.1, 0.15) is 5.00 Å². The summed E-state index contributed by atoms with van der Waals surface area (Å²) < 4.78 is 0. The van der Waals surface area contributed by atoms with Crippen LogP contribution in [0.5, 0.6) is 0 Å². The number of hydrogen-bond donors (Lipinski definition) is 1. The molecule has 0 aliphatic rings. The predicted octanol–water partition coefficient (Wildman–Crippen LogP) is 3.19. The Kier molecular flexibility index (Phi) is 2.73. The quantitative estimate of drug-likeness (QED) is 0.840. The van der Waals surface area contributed by atoms with E-state index in [1.807, 2.05) is 25.1 Å². The highest BCUT2D eigenvalue weighted by Crippen LogP contribution is 2.31. The third kappa shape index (κ3) is 2.02. The van der Waals surface area contributed by atoms with Crippen LogP contribution in [-0.4, -0.2) is 4.98 Å². The van der Waals surface area contributed by atoms with Crippen LogP contribution in [-0.2, 0) is 0 Å². The average Bonchev–Trinajstić information content (AvgIpc) is 2.58. The van der Waals surface area contributed by atoms with Gasteiger partial charge in [0.05, 0.1) is 10.7 Å². The molecule has 1 unspecified atom stereocenters. The maximum Gasteiger partial charge on any atom is 0.110 e. The van der Waals surface area contributed by atoms with Crippen molar-refractivity contribution < 1.29 is 0 Å². The number of rotatable bonds is 2. The molecular weight excluding hydrogens is 204 g/mol. The van der Waals surface area contributed by atoms with E-state index in [1.165, 1.54) is 5.56 Å². The maximum absolute atomic E-state index is 5.94. The van der Waals surface area contributed by atoms with Crippen molar-refractivity contribution in [1.29, 1.82) is 0 Å². The van der Waals surface area contributed by atoms with Crippen LogP contribution < -0.4 is 5.73 Å². The topological polar surface area (TPSA) is 38.9 Å². The molecule has 15 heavy (non-hydrogen) atoms. The molecule has 1 aromatic heterocycles. The number of benzene rings is 1. The summed E-state index contributed by atoms with van der Waals surface area (Å²) in [6.45, 7) is 4.13. The second-order valence-corrected chi connectivity index (χ2v) is 4.85. The molecule has 2 N–H and O–H groups in total. The monoisotopic (exact) mass is 218 g/mol. The molecule has 0 saturated carbocycles. The van der Waals surface area contributed by atoms with E-state index in [-0.39, 0.29) is 5.92 Å². The van der Waals surface area contributed by atoms with Crippen molar-refractivity contribution in [3.05, 3.63) is 46.6 Å². The normalized spacial score (nSPS) is 12.7. The van der Waals surface area contributed by atoms with Gasteiger partial charge >= 0.3 is 0 Å². The molecule has 2 nitrogen and oxygen atoms in total. The standard InChI is InChI=1S/C12H14N2S/c1-8(10-6-4-3-5-7-10)11-12(13)15-9(2)14-11/h3-8H,13H2,1-2H3. The highest BCUT2D eigenvalue weighted by atomic mass is 32.1. The number of anilines is 1. The Morgan fingerprint density at radius 3 is 2.47 bits per heavy atom. The first kappa shape index (κ1) is 10.2. The molecule has 0 amide bonds. The van der Waals surface area contributed by atoms with E-state index in [2.05, 4.69) is 24.0 Å². The zero-order valence-electron chi connectivity index (χ0n) is 8.90. The Morgan fingerprint density at radius 1 is 1.27 bits per heavy atom. The molecule has 2 aromatic rings. The first-order valence-electron chi connectivity index (χ1n) is 4.96. The fourth-order valence-electron chi connectivity index (χ4n) is 1.67. The third-order valence-corrected chi connectivity index (χ3v) is 3.31. The summed E-state index contributed by atoms with van der Waals surface area (Å²) in [5.74, 6) is 0.274. The Hall–Kier alpha value is -1.35. The first-order chi connectivity index (χ1) is 7.18. The molecule has 0 radical (unpaired) electrons. The lowest BCUT2D eigenvalue weighted by molar-refractivity contribution is 0.881. The molecule has 78 valence electrons. The van der Waals surface area contributed by atoms with E-state index in [0.29, 0.717) is 0 Å². The van der Waals surface area contributed by atoms with Crippen LogP contribution >= 0.6 is 11.3 Å². The van der Waals surface area contributed by atoms with E-state index in [9.17, 15) is 0 Å². The fourth-order valence-corrected chi connectivity index (χ4v) is 2.46. The number of nitrogens with two attached hydrogens (primary N) is 1. The largest absolute Gasteiger partial charge is 0.389 e. The van der Waals surface area contributed by atoms with Crippen molar-refractivity contribution in [3.63, 3.8) is 0 Å². The molecule has 1 heterocycles. The number of nitrogens with zero attached hydrogens (tertiary/aromatic N) is 1. The van der Waals surface area contributed by atoms with Crippen molar-refractivity contribution in [2.45, 2.75) is 19.8 Å². The molecule has 0 spiro atoms. The third-order valence-electron chi connectivity index (χ3n) is 2.50. The fraction of sp³-hybridized carbons (Fsp3) is 0.250. The number of hydrogen-bond acceptors (Lipinski definition) is 3. The smallest absolute Gasteiger partial charge is 0.110 e. The Morgan fingerprint density at radius 2 is 1.93 bits per heavy atom. The van der Waals surface area contributed by atoms with Crippen molar-refractivity contribution in [2.24, 2.45) is 0 Å². The molecular formula is C12H14N2S. The van der Waals surface area contributed by atoms with E-state index in [1.54, 1.807) is 11.3 Å². The number of thiazole rings is 1. The van der Waals surface area contributed by atoms with Gasteiger partial charge in [-0.2, -0.15) is 0 Å². The predicted molar refractivity (Wildman–Crippen MR) is 65.2 cm³/mol. The molecule has 0 saturated heterocycles. The van der Waals surface area contributed by atoms with Crippen molar-refractivity contribution in [1.82, 2.24) is 4.98 Å². The molecule has 0 aliphatic heterocycles. The Balaban J connectivity index is 2.36. The van der Waals surface area contributed by atoms with Crippen LogP contribution in [0.25, 0.3) is 0 Å². The average molecular weight is 218 g/mol. The molecule has 2 rings (SSSR count). The van der Waals surface area contributed by atoms with E-state index in [0.717, 1.165) is 15.7 Å². The summed E-state index contributed by atoms with van der Waals surface area (Å²) in [5, 5.41) is 1.87. The summed E-state index contributed by atoms with van der Waals surface area (Å²) in [7, 11) is 0. The number of aryl methyl sites for hydroxylation is 1. The lowest BCUT2D eigenvalue weighted by Gasteiger charge is -2.09. The summed E-state index contributed by atoms with van der Waals surface area (Å²) >= 11 is 1.56. The molecule has 0 bridgehead atoms. The van der Waals surface area contributed by atoms with Gasteiger partial charge in [0, 0.05) is 5.92 Å². The molecule has 3 heteroatoms. The van der Waals surface area contributed by atoms with Gasteiger partial charge in [-0.15, -0.1) is 11.3 Å². The summed E-state index contributed by atoms with van der Waals surface area (Å²) in [6, 6.07) is 10.3. The van der Waals surface area contributed by atoms with Gasteiger partial charge in [-0.05, 0) is 12.5 Å². The van der Waals surface area contributed by atoms with Crippen LogP contribution in [0.4, 0.5) is 5.00 Å². The zero-order chi connectivity index (χ0) is 10.8. The molecule has 1 atom stereocenters. The molecule has 0 aliphatic carbocycles. The van der Waals surface area contributed by atoms with Gasteiger partial charge in [-0.3, -0.25) is 0 Å².